The molecule has 3 atom stereocenters. The molecular formula is C47H79O10P. The third-order valence-corrected chi connectivity index (χ3v) is 9.56. The van der Waals surface area contributed by atoms with Crippen LogP contribution in [0.4, 0.5) is 0 Å². The van der Waals surface area contributed by atoms with E-state index in [9.17, 15) is 24.4 Å². The van der Waals surface area contributed by atoms with Crippen molar-refractivity contribution in [2.45, 2.75) is 186 Å². The van der Waals surface area contributed by atoms with Crippen molar-refractivity contribution in [2.24, 2.45) is 0 Å². The zero-order valence-corrected chi connectivity index (χ0v) is 36.8. The first-order valence-corrected chi connectivity index (χ1v) is 23.6. The Morgan fingerprint density at radius 2 is 1.05 bits per heavy atom. The standard InChI is InChI=1S/C47H79O10P/c1-3-5-7-8-9-10-11-12-13-14-15-16-17-18-19-20-21-25-33-39-46(50)55-41-45(42-56-58(52,53)54)57-47(51)40-34-26-23-22-24-30-36-44(49)38-32-28-27-31-37-43(48)35-29-6-4-2/h6,12-13,23-24,26-32,37-38,43-45,48-49H,3-5,7-11,14-22,25,33-36,39-42H2,1-2H3,(H2,52,53,54)/b13-12-,26-23-,28-27-,29-6-,30-24-,37-31+,38-32+/t43-,44+,45+/m0/s1. The minimum Gasteiger partial charge on any atom is -0.462 e. The molecule has 0 unspecified atom stereocenters. The molecule has 0 radical (unpaired) electrons. The maximum absolute atomic E-state index is 12.4. The number of phosphoric acid groups is 1. The molecule has 0 amide bonds. The van der Waals surface area contributed by atoms with E-state index in [-0.39, 0.29) is 19.4 Å². The second-order valence-corrected chi connectivity index (χ2v) is 15.9. The first kappa shape index (κ1) is 55.2. The fourth-order valence-corrected chi connectivity index (χ4v) is 6.11. The molecular weight excluding hydrogens is 755 g/mol. The van der Waals surface area contributed by atoms with Gasteiger partial charge in [-0.2, -0.15) is 0 Å². The number of aliphatic hydroxyl groups excluding tert-OH is 2. The number of carbonyl (C=O) groups is 2. The summed E-state index contributed by atoms with van der Waals surface area (Å²) in [6.07, 6.45) is 48.1. The van der Waals surface area contributed by atoms with Gasteiger partial charge >= 0.3 is 19.8 Å². The van der Waals surface area contributed by atoms with Crippen molar-refractivity contribution in [3.63, 3.8) is 0 Å². The predicted octanol–water partition coefficient (Wildman–Crippen LogP) is 11.6. The van der Waals surface area contributed by atoms with Gasteiger partial charge in [0.25, 0.3) is 0 Å². The van der Waals surface area contributed by atoms with Gasteiger partial charge in [0.2, 0.25) is 0 Å². The van der Waals surface area contributed by atoms with Gasteiger partial charge in [0.05, 0.1) is 18.8 Å². The van der Waals surface area contributed by atoms with Crippen molar-refractivity contribution in [3.8, 4) is 0 Å². The summed E-state index contributed by atoms with van der Waals surface area (Å²) in [5.41, 5.74) is 0. The van der Waals surface area contributed by atoms with Crippen LogP contribution in [0, 0.1) is 0 Å². The summed E-state index contributed by atoms with van der Waals surface area (Å²) >= 11 is 0. The van der Waals surface area contributed by atoms with E-state index in [0.717, 1.165) is 25.7 Å². The van der Waals surface area contributed by atoms with E-state index in [1.807, 2.05) is 43.4 Å². The maximum Gasteiger partial charge on any atom is 0.469 e. The van der Waals surface area contributed by atoms with Crippen molar-refractivity contribution >= 4 is 19.8 Å². The highest BCUT2D eigenvalue weighted by Crippen LogP contribution is 2.36. The number of aliphatic hydroxyl groups is 2. The van der Waals surface area contributed by atoms with Gasteiger partial charge in [-0.25, -0.2) is 4.57 Å². The van der Waals surface area contributed by atoms with Gasteiger partial charge in [-0.1, -0.05) is 176 Å². The fourth-order valence-electron chi connectivity index (χ4n) is 5.74. The molecule has 0 aromatic rings. The molecule has 11 heteroatoms. The first-order valence-electron chi connectivity index (χ1n) is 22.1. The lowest BCUT2D eigenvalue weighted by Gasteiger charge is -2.18. The number of carbonyl (C=O) groups excluding carboxylic acids is 2. The second-order valence-electron chi connectivity index (χ2n) is 14.7. The van der Waals surface area contributed by atoms with Crippen molar-refractivity contribution in [3.05, 3.63) is 85.1 Å². The summed E-state index contributed by atoms with van der Waals surface area (Å²) in [6.45, 7) is 3.35. The topological polar surface area (TPSA) is 160 Å². The van der Waals surface area contributed by atoms with Crippen LogP contribution >= 0.6 is 7.82 Å². The molecule has 0 aromatic carbocycles. The quantitative estimate of drug-likeness (QED) is 0.0154. The molecule has 0 saturated carbocycles. The molecule has 4 N–H and O–H groups in total. The molecule has 0 bridgehead atoms. The van der Waals surface area contributed by atoms with Crippen molar-refractivity contribution in [1.29, 1.82) is 0 Å². The molecule has 0 saturated heterocycles. The number of unbranched alkanes of at least 4 members (excludes halogenated alkanes) is 15. The highest BCUT2D eigenvalue weighted by atomic mass is 31.2. The Hall–Kier alpha value is -2.85. The summed E-state index contributed by atoms with van der Waals surface area (Å²) in [5, 5.41) is 19.9. The van der Waals surface area contributed by atoms with Crippen LogP contribution in [0.5, 0.6) is 0 Å². The Balaban J connectivity index is 4.14. The lowest BCUT2D eigenvalue weighted by molar-refractivity contribution is -0.161. The average Bonchev–Trinajstić information content (AvgIpc) is 3.18. The maximum atomic E-state index is 12.4. The van der Waals surface area contributed by atoms with Crippen LogP contribution in [0.2, 0.25) is 0 Å². The van der Waals surface area contributed by atoms with Gasteiger partial charge in [-0.05, 0) is 64.2 Å². The summed E-state index contributed by atoms with van der Waals surface area (Å²) < 4.78 is 26.3. The molecule has 0 heterocycles. The third kappa shape index (κ3) is 42.7. The van der Waals surface area contributed by atoms with Crippen LogP contribution < -0.4 is 0 Å². The van der Waals surface area contributed by atoms with Crippen molar-refractivity contribution in [1.82, 2.24) is 0 Å². The van der Waals surface area contributed by atoms with E-state index >= 15 is 0 Å². The van der Waals surface area contributed by atoms with Gasteiger partial charge in [-0.3, -0.25) is 14.1 Å². The van der Waals surface area contributed by atoms with E-state index in [2.05, 4.69) is 23.6 Å². The Morgan fingerprint density at radius 3 is 1.60 bits per heavy atom. The summed E-state index contributed by atoms with van der Waals surface area (Å²) in [7, 11) is -4.81. The SMILES string of the molecule is CC/C=C\C[C@H](O)/C=C/C=C\C=C\[C@H](O)C/C=C\C/C=C\CCC(=O)O[C@H](COC(=O)CCCCCCCCCCC/C=C\CCCCCCCC)COP(=O)(O)O. The van der Waals surface area contributed by atoms with Crippen LogP contribution in [0.25, 0.3) is 0 Å². The third-order valence-electron chi connectivity index (χ3n) is 9.08. The van der Waals surface area contributed by atoms with E-state index < -0.39 is 44.7 Å². The average molecular weight is 835 g/mol. The molecule has 0 spiro atoms. The number of ether oxygens (including phenoxy) is 2. The van der Waals surface area contributed by atoms with Crippen LogP contribution in [0.3, 0.4) is 0 Å². The van der Waals surface area contributed by atoms with E-state index in [4.69, 9.17) is 19.3 Å². The molecule has 332 valence electrons. The highest BCUT2D eigenvalue weighted by molar-refractivity contribution is 7.46. The second kappa shape index (κ2) is 40.9. The Morgan fingerprint density at radius 1 is 0.552 bits per heavy atom. The summed E-state index contributed by atoms with van der Waals surface area (Å²) in [4.78, 5) is 42.9. The monoisotopic (exact) mass is 835 g/mol. The van der Waals surface area contributed by atoms with Crippen LogP contribution in [0.1, 0.15) is 168 Å². The zero-order valence-electron chi connectivity index (χ0n) is 35.9. The van der Waals surface area contributed by atoms with Gasteiger partial charge in [0.15, 0.2) is 6.10 Å². The highest BCUT2D eigenvalue weighted by Gasteiger charge is 2.22. The van der Waals surface area contributed by atoms with Crippen LogP contribution in [-0.2, 0) is 28.2 Å². The van der Waals surface area contributed by atoms with Gasteiger partial charge in [0.1, 0.15) is 6.61 Å². The van der Waals surface area contributed by atoms with E-state index in [1.165, 1.54) is 83.5 Å². The Labute approximate surface area is 351 Å². The largest absolute Gasteiger partial charge is 0.469 e. The molecule has 0 fully saturated rings. The van der Waals surface area contributed by atoms with Crippen molar-refractivity contribution < 1.29 is 48.2 Å². The Bertz CT molecular complexity index is 1250. The molecule has 0 rings (SSSR count). The summed E-state index contributed by atoms with van der Waals surface area (Å²) in [5.74, 6) is -1.06. The molecule has 58 heavy (non-hydrogen) atoms. The molecule has 0 aromatic heterocycles. The molecule has 0 aliphatic carbocycles. The number of esters is 2. The van der Waals surface area contributed by atoms with Crippen LogP contribution in [-0.4, -0.2) is 63.5 Å². The number of hydrogen-bond donors (Lipinski definition) is 4. The predicted molar refractivity (Wildman–Crippen MR) is 237 cm³/mol. The van der Waals surface area contributed by atoms with E-state index in [1.54, 1.807) is 36.5 Å². The molecule has 0 aliphatic heterocycles. The number of phosphoric ester groups is 1. The van der Waals surface area contributed by atoms with Gasteiger partial charge in [-0.15, -0.1) is 0 Å². The van der Waals surface area contributed by atoms with Crippen LogP contribution in [0.15, 0.2) is 85.1 Å². The fraction of sp³-hybridized carbons (Fsp3) is 0.660. The minimum atomic E-state index is -4.81. The Kier molecular flexibility index (Phi) is 38.9. The lowest BCUT2D eigenvalue weighted by atomic mass is 10.1. The van der Waals surface area contributed by atoms with E-state index in [0.29, 0.717) is 32.1 Å². The molecule has 10 nitrogen and oxygen atoms in total. The van der Waals surface area contributed by atoms with Gasteiger partial charge < -0.3 is 29.5 Å². The smallest absolute Gasteiger partial charge is 0.462 e. The van der Waals surface area contributed by atoms with Crippen molar-refractivity contribution in [2.75, 3.05) is 13.2 Å². The number of hydrogen-bond acceptors (Lipinski definition) is 8. The summed E-state index contributed by atoms with van der Waals surface area (Å²) in [6, 6.07) is 0. The normalized spacial score (nSPS) is 14.4. The zero-order chi connectivity index (χ0) is 42.8. The number of allylic oxidation sites excluding steroid dienone is 10. The molecule has 0 aliphatic rings. The first-order chi connectivity index (χ1) is 28.1. The minimum absolute atomic E-state index is 0.0261. The lowest BCUT2D eigenvalue weighted by Crippen LogP contribution is -2.29. The number of rotatable bonds is 39. The van der Waals surface area contributed by atoms with Gasteiger partial charge in [0, 0.05) is 12.8 Å².